The second-order valence-electron chi connectivity index (χ2n) is 5.44. The van der Waals surface area contributed by atoms with Crippen LogP contribution in [0, 0.1) is 5.82 Å². The highest BCUT2D eigenvalue weighted by molar-refractivity contribution is 5.94. The van der Waals surface area contributed by atoms with Gasteiger partial charge in [0.2, 0.25) is 0 Å². The zero-order chi connectivity index (χ0) is 15.4. The van der Waals surface area contributed by atoms with Crippen LogP contribution in [0.25, 0.3) is 0 Å². The van der Waals surface area contributed by atoms with Gasteiger partial charge in [0.15, 0.2) is 0 Å². The maximum atomic E-state index is 12.8. The molecule has 1 aliphatic rings. The summed E-state index contributed by atoms with van der Waals surface area (Å²) in [7, 11) is 0. The van der Waals surface area contributed by atoms with Crippen LogP contribution < -0.4 is 4.74 Å². The summed E-state index contributed by atoms with van der Waals surface area (Å²) >= 11 is 0. The normalized spacial score (nSPS) is 14.1. The third-order valence-electron chi connectivity index (χ3n) is 3.81. The molecule has 1 amide bonds. The van der Waals surface area contributed by atoms with Crippen LogP contribution in [-0.4, -0.2) is 23.9 Å². The summed E-state index contributed by atoms with van der Waals surface area (Å²) in [6.45, 7) is 2.07. The molecule has 0 spiro atoms. The highest BCUT2D eigenvalue weighted by Crippen LogP contribution is 2.17. The molecule has 22 heavy (non-hydrogen) atoms. The zero-order valence-electron chi connectivity index (χ0n) is 12.3. The average molecular weight is 299 g/mol. The molecule has 0 aliphatic carbocycles. The minimum atomic E-state index is -0.256. The third kappa shape index (κ3) is 3.45. The van der Waals surface area contributed by atoms with E-state index in [1.54, 1.807) is 36.4 Å². The number of ether oxygens (including phenoxy) is 1. The van der Waals surface area contributed by atoms with Crippen LogP contribution in [0.5, 0.6) is 5.75 Å². The molecule has 3 nitrogen and oxygen atoms in total. The van der Waals surface area contributed by atoms with Crippen molar-refractivity contribution in [2.75, 3.05) is 13.1 Å². The van der Waals surface area contributed by atoms with Gasteiger partial charge < -0.3 is 9.64 Å². The predicted octanol–water partition coefficient (Wildman–Crippen LogP) is 3.64. The highest BCUT2D eigenvalue weighted by Gasteiger charge is 2.19. The lowest BCUT2D eigenvalue weighted by atomic mass is 10.2. The minimum absolute atomic E-state index is 0.0857. The molecule has 1 saturated heterocycles. The highest BCUT2D eigenvalue weighted by atomic mass is 19.1. The largest absolute Gasteiger partial charge is 0.489 e. The molecular formula is C18H18FNO2. The van der Waals surface area contributed by atoms with Crippen LogP contribution in [0.2, 0.25) is 0 Å². The van der Waals surface area contributed by atoms with Crippen LogP contribution in [-0.2, 0) is 6.61 Å². The number of carbonyl (C=O) groups excluding carboxylic acids is 1. The van der Waals surface area contributed by atoms with Crippen molar-refractivity contribution in [1.82, 2.24) is 4.90 Å². The van der Waals surface area contributed by atoms with E-state index in [-0.39, 0.29) is 11.7 Å². The standard InChI is InChI=1S/C18H18FNO2/c19-16-7-3-14(4-8-16)13-22-17-9-5-15(6-10-17)18(21)20-11-1-2-12-20/h3-10H,1-2,11-13H2. The van der Waals surface area contributed by atoms with Gasteiger partial charge in [0.1, 0.15) is 18.2 Å². The lowest BCUT2D eigenvalue weighted by Crippen LogP contribution is -2.27. The molecular weight excluding hydrogens is 281 g/mol. The molecule has 2 aromatic carbocycles. The van der Waals surface area contributed by atoms with Gasteiger partial charge in [-0.2, -0.15) is 0 Å². The fraction of sp³-hybridized carbons (Fsp3) is 0.278. The number of hydrogen-bond acceptors (Lipinski definition) is 2. The van der Waals surface area contributed by atoms with Crippen molar-refractivity contribution >= 4 is 5.91 Å². The molecule has 0 N–H and O–H groups in total. The van der Waals surface area contributed by atoms with Gasteiger partial charge in [-0.1, -0.05) is 12.1 Å². The van der Waals surface area contributed by atoms with Gasteiger partial charge in [-0.15, -0.1) is 0 Å². The molecule has 0 atom stereocenters. The summed E-state index contributed by atoms with van der Waals surface area (Å²) in [4.78, 5) is 14.1. The van der Waals surface area contributed by atoms with Gasteiger partial charge in [0.25, 0.3) is 5.91 Å². The van der Waals surface area contributed by atoms with Gasteiger partial charge in [0, 0.05) is 18.7 Å². The molecule has 2 aromatic rings. The van der Waals surface area contributed by atoms with Crippen LogP contribution in [0.15, 0.2) is 48.5 Å². The monoisotopic (exact) mass is 299 g/mol. The third-order valence-corrected chi connectivity index (χ3v) is 3.81. The fourth-order valence-electron chi connectivity index (χ4n) is 2.54. The second-order valence-corrected chi connectivity index (χ2v) is 5.44. The fourth-order valence-corrected chi connectivity index (χ4v) is 2.54. The molecule has 0 aromatic heterocycles. The molecule has 1 fully saturated rings. The summed E-state index contributed by atoms with van der Waals surface area (Å²) in [6, 6.07) is 13.4. The topological polar surface area (TPSA) is 29.5 Å². The molecule has 3 rings (SSSR count). The van der Waals surface area contributed by atoms with E-state index in [2.05, 4.69) is 0 Å². The Balaban J connectivity index is 1.59. The van der Waals surface area contributed by atoms with E-state index in [0.29, 0.717) is 17.9 Å². The first-order valence-corrected chi connectivity index (χ1v) is 7.49. The lowest BCUT2D eigenvalue weighted by molar-refractivity contribution is 0.0793. The Labute approximate surface area is 129 Å². The second kappa shape index (κ2) is 6.60. The van der Waals surface area contributed by atoms with E-state index in [4.69, 9.17) is 4.74 Å². The maximum Gasteiger partial charge on any atom is 0.253 e. The Morgan fingerprint density at radius 3 is 2.27 bits per heavy atom. The summed E-state index contributed by atoms with van der Waals surface area (Å²) in [5, 5.41) is 0. The number of amides is 1. The number of hydrogen-bond donors (Lipinski definition) is 0. The predicted molar refractivity (Wildman–Crippen MR) is 82.3 cm³/mol. The number of rotatable bonds is 4. The first-order valence-electron chi connectivity index (χ1n) is 7.49. The summed E-state index contributed by atoms with van der Waals surface area (Å²) in [6.07, 6.45) is 2.18. The molecule has 0 radical (unpaired) electrons. The van der Waals surface area contributed by atoms with Crippen LogP contribution in [0.4, 0.5) is 4.39 Å². The summed E-state index contributed by atoms with van der Waals surface area (Å²) in [5.74, 6) is 0.526. The van der Waals surface area contributed by atoms with Gasteiger partial charge in [-0.25, -0.2) is 4.39 Å². The molecule has 114 valence electrons. The Hall–Kier alpha value is -2.36. The smallest absolute Gasteiger partial charge is 0.253 e. The Morgan fingerprint density at radius 2 is 1.64 bits per heavy atom. The van der Waals surface area contributed by atoms with Crippen molar-refractivity contribution in [3.05, 3.63) is 65.5 Å². The quantitative estimate of drug-likeness (QED) is 0.862. The summed E-state index contributed by atoms with van der Waals surface area (Å²) < 4.78 is 18.5. The molecule has 0 unspecified atom stereocenters. The number of likely N-dealkylation sites (tertiary alicyclic amines) is 1. The number of carbonyl (C=O) groups is 1. The number of benzene rings is 2. The lowest BCUT2D eigenvalue weighted by Gasteiger charge is -2.15. The van der Waals surface area contributed by atoms with Gasteiger partial charge in [0.05, 0.1) is 0 Å². The van der Waals surface area contributed by atoms with Gasteiger partial charge >= 0.3 is 0 Å². The van der Waals surface area contributed by atoms with E-state index in [1.165, 1.54) is 12.1 Å². The zero-order valence-corrected chi connectivity index (χ0v) is 12.3. The van der Waals surface area contributed by atoms with E-state index in [0.717, 1.165) is 31.5 Å². The SMILES string of the molecule is O=C(c1ccc(OCc2ccc(F)cc2)cc1)N1CCCC1. The number of nitrogens with zero attached hydrogens (tertiary/aromatic N) is 1. The van der Waals surface area contributed by atoms with Crippen molar-refractivity contribution in [3.63, 3.8) is 0 Å². The van der Waals surface area contributed by atoms with Crippen LogP contribution >= 0.6 is 0 Å². The van der Waals surface area contributed by atoms with Crippen molar-refractivity contribution < 1.29 is 13.9 Å². The first kappa shape index (κ1) is 14.6. The van der Waals surface area contributed by atoms with Gasteiger partial charge in [-0.3, -0.25) is 4.79 Å². The number of halogens is 1. The maximum absolute atomic E-state index is 12.8. The molecule has 0 bridgehead atoms. The summed E-state index contributed by atoms with van der Waals surface area (Å²) in [5.41, 5.74) is 1.59. The van der Waals surface area contributed by atoms with E-state index in [1.807, 2.05) is 4.90 Å². The molecule has 1 aliphatic heterocycles. The molecule has 4 heteroatoms. The van der Waals surface area contributed by atoms with Crippen LogP contribution in [0.3, 0.4) is 0 Å². The van der Waals surface area contributed by atoms with E-state index >= 15 is 0 Å². The van der Waals surface area contributed by atoms with Crippen molar-refractivity contribution in [2.45, 2.75) is 19.4 Å². The van der Waals surface area contributed by atoms with E-state index < -0.39 is 0 Å². The first-order chi connectivity index (χ1) is 10.7. The molecule has 0 saturated carbocycles. The Kier molecular flexibility index (Phi) is 4.37. The van der Waals surface area contributed by atoms with Crippen molar-refractivity contribution in [1.29, 1.82) is 0 Å². The minimum Gasteiger partial charge on any atom is -0.489 e. The van der Waals surface area contributed by atoms with Crippen molar-refractivity contribution in [3.8, 4) is 5.75 Å². The van der Waals surface area contributed by atoms with Gasteiger partial charge in [-0.05, 0) is 54.8 Å². The molecule has 1 heterocycles. The van der Waals surface area contributed by atoms with Crippen molar-refractivity contribution in [2.24, 2.45) is 0 Å². The Morgan fingerprint density at radius 1 is 1.00 bits per heavy atom. The average Bonchev–Trinajstić information content (AvgIpc) is 3.09. The van der Waals surface area contributed by atoms with E-state index in [9.17, 15) is 9.18 Å². The van der Waals surface area contributed by atoms with Crippen LogP contribution in [0.1, 0.15) is 28.8 Å². The Bertz CT molecular complexity index is 631.